The molecule has 0 aliphatic rings. The van der Waals surface area contributed by atoms with Gasteiger partial charge < -0.3 is 11.1 Å². The monoisotopic (exact) mass is 324 g/mol. The molecule has 5 heteroatoms. The number of benzene rings is 1. The molecule has 114 valence electrons. The van der Waals surface area contributed by atoms with Crippen LogP contribution >= 0.6 is 22.9 Å². The number of hydrogen-bond donors (Lipinski definition) is 2. The number of carbonyl (C=O) groups excluding carboxylic acids is 1. The molecule has 1 aromatic carbocycles. The van der Waals surface area contributed by atoms with Crippen molar-refractivity contribution in [1.82, 2.24) is 5.32 Å². The number of anilines is 1. The van der Waals surface area contributed by atoms with Crippen LogP contribution in [0.15, 0.2) is 18.2 Å². The molecular weight excluding hydrogens is 304 g/mol. The predicted molar refractivity (Wildman–Crippen MR) is 92.2 cm³/mol. The second-order valence-electron chi connectivity index (χ2n) is 5.32. The van der Waals surface area contributed by atoms with Crippen molar-refractivity contribution >= 4 is 44.6 Å². The van der Waals surface area contributed by atoms with Gasteiger partial charge in [-0.1, -0.05) is 38.3 Å². The van der Waals surface area contributed by atoms with Gasteiger partial charge in [-0.15, -0.1) is 11.3 Å². The molecule has 0 radical (unpaired) electrons. The van der Waals surface area contributed by atoms with Crippen molar-refractivity contribution in [2.45, 2.75) is 39.7 Å². The first kappa shape index (κ1) is 16.1. The Balaban J connectivity index is 2.25. The molecule has 3 nitrogen and oxygen atoms in total. The van der Waals surface area contributed by atoms with Crippen molar-refractivity contribution in [2.75, 3.05) is 5.73 Å². The standard InChI is InChI=1S/C16H21ClN2OS/c1-4-10(5-2)9(3)19-16(20)15-14(18)12-8-11(17)6-7-13(12)21-15/h6-10H,4-5,18H2,1-3H3,(H,19,20). The second-order valence-corrected chi connectivity index (χ2v) is 6.81. The maximum atomic E-state index is 12.5. The molecule has 1 atom stereocenters. The van der Waals surface area contributed by atoms with Gasteiger partial charge in [0.2, 0.25) is 0 Å². The number of hydrogen-bond acceptors (Lipinski definition) is 3. The first-order valence-electron chi connectivity index (χ1n) is 7.26. The van der Waals surface area contributed by atoms with Crippen LogP contribution in [0.3, 0.4) is 0 Å². The lowest BCUT2D eigenvalue weighted by atomic mass is 9.95. The number of thiophene rings is 1. The van der Waals surface area contributed by atoms with Gasteiger partial charge in [-0.05, 0) is 31.0 Å². The highest BCUT2D eigenvalue weighted by Gasteiger charge is 2.21. The Morgan fingerprint density at radius 2 is 2.05 bits per heavy atom. The number of fused-ring (bicyclic) bond motifs is 1. The number of carbonyl (C=O) groups is 1. The Hall–Kier alpha value is -1.26. The third kappa shape index (κ3) is 3.33. The number of rotatable bonds is 5. The van der Waals surface area contributed by atoms with Crippen molar-refractivity contribution in [2.24, 2.45) is 5.92 Å². The zero-order valence-corrected chi connectivity index (χ0v) is 14.1. The molecule has 1 heterocycles. The van der Waals surface area contributed by atoms with E-state index in [0.29, 0.717) is 21.5 Å². The van der Waals surface area contributed by atoms with Crippen LogP contribution in [0.2, 0.25) is 5.02 Å². The minimum Gasteiger partial charge on any atom is -0.397 e. The highest BCUT2D eigenvalue weighted by molar-refractivity contribution is 7.21. The van der Waals surface area contributed by atoms with Crippen LogP contribution < -0.4 is 11.1 Å². The lowest BCUT2D eigenvalue weighted by molar-refractivity contribution is 0.0930. The third-order valence-electron chi connectivity index (χ3n) is 4.01. The summed E-state index contributed by atoms with van der Waals surface area (Å²) in [5.74, 6) is 0.392. The maximum absolute atomic E-state index is 12.5. The number of nitrogen functional groups attached to an aromatic ring is 1. The van der Waals surface area contributed by atoms with Gasteiger partial charge in [0.1, 0.15) is 4.88 Å². The molecule has 0 bridgehead atoms. The van der Waals surface area contributed by atoms with E-state index in [2.05, 4.69) is 26.1 Å². The number of halogens is 1. The highest BCUT2D eigenvalue weighted by atomic mass is 35.5. The largest absolute Gasteiger partial charge is 0.397 e. The molecule has 3 N–H and O–H groups in total. The summed E-state index contributed by atoms with van der Waals surface area (Å²) in [6.45, 7) is 6.34. The molecule has 0 aliphatic carbocycles. The predicted octanol–water partition coefficient (Wildman–Crippen LogP) is 4.69. The van der Waals surface area contributed by atoms with Gasteiger partial charge in [-0.25, -0.2) is 0 Å². The van der Waals surface area contributed by atoms with E-state index in [0.717, 1.165) is 22.9 Å². The first-order chi connectivity index (χ1) is 9.97. The number of nitrogens with one attached hydrogen (secondary N) is 1. The van der Waals surface area contributed by atoms with Gasteiger partial charge in [0.05, 0.1) is 5.69 Å². The summed E-state index contributed by atoms with van der Waals surface area (Å²) in [5.41, 5.74) is 6.64. The summed E-state index contributed by atoms with van der Waals surface area (Å²) >= 11 is 7.41. The average molecular weight is 325 g/mol. The van der Waals surface area contributed by atoms with E-state index in [1.807, 2.05) is 18.2 Å². The maximum Gasteiger partial charge on any atom is 0.263 e. The van der Waals surface area contributed by atoms with Crippen molar-refractivity contribution < 1.29 is 4.79 Å². The van der Waals surface area contributed by atoms with Crippen molar-refractivity contribution in [3.05, 3.63) is 28.1 Å². The number of nitrogens with two attached hydrogens (primary N) is 1. The van der Waals surface area contributed by atoms with Crippen LogP contribution in [0, 0.1) is 5.92 Å². The van der Waals surface area contributed by atoms with Crippen LogP contribution in [0.25, 0.3) is 10.1 Å². The van der Waals surface area contributed by atoms with E-state index in [4.69, 9.17) is 17.3 Å². The molecule has 0 saturated heterocycles. The molecule has 2 aromatic rings. The molecule has 21 heavy (non-hydrogen) atoms. The van der Waals surface area contributed by atoms with E-state index in [1.165, 1.54) is 11.3 Å². The summed E-state index contributed by atoms with van der Waals surface area (Å²) in [4.78, 5) is 13.0. The SMILES string of the molecule is CCC(CC)C(C)NC(=O)c1sc2ccc(Cl)cc2c1N. The summed E-state index contributed by atoms with van der Waals surface area (Å²) in [5, 5.41) is 4.56. The Kier molecular flexibility index (Phi) is 5.12. The molecule has 0 saturated carbocycles. The fraction of sp³-hybridized carbons (Fsp3) is 0.438. The second kappa shape index (κ2) is 6.67. The van der Waals surface area contributed by atoms with Crippen LogP contribution in [0.5, 0.6) is 0 Å². The smallest absolute Gasteiger partial charge is 0.263 e. The van der Waals surface area contributed by atoms with E-state index in [-0.39, 0.29) is 11.9 Å². The van der Waals surface area contributed by atoms with Crippen molar-refractivity contribution in [3.63, 3.8) is 0 Å². The zero-order valence-electron chi connectivity index (χ0n) is 12.6. The molecule has 0 aliphatic heterocycles. The fourth-order valence-electron chi connectivity index (χ4n) is 2.64. The van der Waals surface area contributed by atoms with E-state index in [1.54, 1.807) is 0 Å². The Morgan fingerprint density at radius 3 is 2.67 bits per heavy atom. The topological polar surface area (TPSA) is 55.1 Å². The minimum absolute atomic E-state index is 0.0933. The van der Waals surface area contributed by atoms with Crippen LogP contribution in [-0.4, -0.2) is 11.9 Å². The fourth-order valence-corrected chi connectivity index (χ4v) is 3.82. The Bertz CT molecular complexity index is 649. The Morgan fingerprint density at radius 1 is 1.38 bits per heavy atom. The lowest BCUT2D eigenvalue weighted by Gasteiger charge is -2.22. The molecular formula is C16H21ClN2OS. The lowest BCUT2D eigenvalue weighted by Crippen LogP contribution is -2.37. The van der Waals surface area contributed by atoms with Crippen molar-refractivity contribution in [1.29, 1.82) is 0 Å². The molecule has 0 spiro atoms. The zero-order chi connectivity index (χ0) is 15.6. The summed E-state index contributed by atoms with van der Waals surface area (Å²) < 4.78 is 0.984. The van der Waals surface area contributed by atoms with Gasteiger partial charge in [0, 0.05) is 21.2 Å². The molecule has 0 fully saturated rings. The third-order valence-corrected chi connectivity index (χ3v) is 5.43. The quantitative estimate of drug-likeness (QED) is 0.838. The van der Waals surface area contributed by atoms with Gasteiger partial charge in [0.15, 0.2) is 0 Å². The van der Waals surface area contributed by atoms with Crippen molar-refractivity contribution in [3.8, 4) is 0 Å². The molecule has 1 unspecified atom stereocenters. The van der Waals surface area contributed by atoms with Gasteiger partial charge in [0.25, 0.3) is 5.91 Å². The van der Waals surface area contributed by atoms with E-state index >= 15 is 0 Å². The van der Waals surface area contributed by atoms with Gasteiger partial charge in [-0.2, -0.15) is 0 Å². The summed E-state index contributed by atoms with van der Waals surface area (Å²) in [6.07, 6.45) is 2.10. The molecule has 1 aromatic heterocycles. The summed E-state index contributed by atoms with van der Waals surface area (Å²) in [7, 11) is 0. The normalized spacial score (nSPS) is 12.8. The minimum atomic E-state index is -0.0933. The van der Waals surface area contributed by atoms with E-state index in [9.17, 15) is 4.79 Å². The Labute approximate surface area is 134 Å². The highest BCUT2D eigenvalue weighted by Crippen LogP contribution is 2.35. The van der Waals surface area contributed by atoms with Crippen LogP contribution in [0.1, 0.15) is 43.3 Å². The van der Waals surface area contributed by atoms with Gasteiger partial charge >= 0.3 is 0 Å². The first-order valence-corrected chi connectivity index (χ1v) is 8.45. The van der Waals surface area contributed by atoms with Crippen LogP contribution in [0.4, 0.5) is 5.69 Å². The van der Waals surface area contributed by atoms with Gasteiger partial charge in [-0.3, -0.25) is 4.79 Å². The van der Waals surface area contributed by atoms with E-state index < -0.39 is 0 Å². The molecule has 1 amide bonds. The molecule has 2 rings (SSSR count). The number of amides is 1. The summed E-state index contributed by atoms with van der Waals surface area (Å²) in [6, 6.07) is 5.67. The average Bonchev–Trinajstić information content (AvgIpc) is 2.77. The van der Waals surface area contributed by atoms with Crippen LogP contribution in [-0.2, 0) is 0 Å².